The Kier molecular flexibility index (Phi) is 3.99. The maximum atomic E-state index is 13.5. The summed E-state index contributed by atoms with van der Waals surface area (Å²) >= 11 is 7.18. The van der Waals surface area contributed by atoms with E-state index in [0.717, 1.165) is 48.4 Å². The van der Waals surface area contributed by atoms with E-state index < -0.39 is 0 Å². The van der Waals surface area contributed by atoms with Gasteiger partial charge in [0.2, 0.25) is 10.5 Å². The molecule has 0 atom stereocenters. The highest BCUT2D eigenvalue weighted by atomic mass is 32.1. The Morgan fingerprint density at radius 1 is 1.30 bits per heavy atom. The molecule has 1 aliphatic rings. The number of hydrogen-bond acceptors (Lipinski definition) is 5. The zero-order chi connectivity index (χ0) is 18.5. The van der Waals surface area contributed by atoms with Crippen molar-refractivity contribution in [2.75, 3.05) is 13.1 Å². The lowest BCUT2D eigenvalue weighted by molar-refractivity contribution is 0.258. The SMILES string of the molecule is CCCN1CCc2c(sc3c2c(=O)n(-c2ccccc2)c2n[nH]c(=S)n32)C1. The summed E-state index contributed by atoms with van der Waals surface area (Å²) in [6.07, 6.45) is 2.04. The van der Waals surface area contributed by atoms with Crippen LogP contribution in [0.3, 0.4) is 0 Å². The number of hydrogen-bond donors (Lipinski definition) is 1. The van der Waals surface area contributed by atoms with Crippen LogP contribution in [0, 0.1) is 4.77 Å². The summed E-state index contributed by atoms with van der Waals surface area (Å²) in [4.78, 5) is 18.2. The summed E-state index contributed by atoms with van der Waals surface area (Å²) < 4.78 is 4.09. The molecule has 0 amide bonds. The van der Waals surface area contributed by atoms with E-state index >= 15 is 0 Å². The Balaban J connectivity index is 1.87. The molecule has 5 rings (SSSR count). The molecule has 1 aromatic carbocycles. The fourth-order valence-electron chi connectivity index (χ4n) is 3.96. The quantitative estimate of drug-likeness (QED) is 0.538. The van der Waals surface area contributed by atoms with Crippen LogP contribution in [0.5, 0.6) is 0 Å². The molecule has 8 heteroatoms. The number of thiophene rings is 1. The molecule has 0 saturated carbocycles. The summed E-state index contributed by atoms with van der Waals surface area (Å²) in [5.41, 5.74) is 1.97. The highest BCUT2D eigenvalue weighted by Crippen LogP contribution is 2.34. The molecule has 0 fully saturated rings. The Labute approximate surface area is 164 Å². The van der Waals surface area contributed by atoms with Crippen molar-refractivity contribution in [3.8, 4) is 5.69 Å². The van der Waals surface area contributed by atoms with Gasteiger partial charge in [-0.05, 0) is 49.3 Å². The molecule has 4 heterocycles. The second-order valence-corrected chi connectivity index (χ2v) is 8.32. The molecule has 0 bridgehead atoms. The van der Waals surface area contributed by atoms with Gasteiger partial charge < -0.3 is 0 Å². The lowest BCUT2D eigenvalue weighted by Gasteiger charge is -2.26. The van der Waals surface area contributed by atoms with Crippen LogP contribution in [0.1, 0.15) is 23.8 Å². The standard InChI is InChI=1S/C19H19N5OS2/c1-2-9-22-10-8-13-14(11-22)27-17-15(13)16(25)23(12-6-4-3-5-7-12)18-20-21-19(26)24(17)18/h3-7H,2,8-11H2,1H3,(H,21,26). The van der Waals surface area contributed by atoms with Gasteiger partial charge in [0.05, 0.1) is 11.1 Å². The molecule has 27 heavy (non-hydrogen) atoms. The molecule has 0 saturated heterocycles. The number of fused-ring (bicyclic) bond motifs is 5. The van der Waals surface area contributed by atoms with Gasteiger partial charge in [0, 0.05) is 18.0 Å². The molecular weight excluding hydrogens is 378 g/mol. The molecule has 0 aliphatic carbocycles. The van der Waals surface area contributed by atoms with Gasteiger partial charge >= 0.3 is 0 Å². The molecular formula is C19H19N5OS2. The average molecular weight is 398 g/mol. The van der Waals surface area contributed by atoms with Gasteiger partial charge in [-0.25, -0.2) is 14.1 Å². The summed E-state index contributed by atoms with van der Waals surface area (Å²) in [6, 6.07) is 9.64. The lowest BCUT2D eigenvalue weighted by atomic mass is 10.1. The van der Waals surface area contributed by atoms with Gasteiger partial charge in [-0.1, -0.05) is 25.1 Å². The molecule has 0 unspecified atom stereocenters. The Morgan fingerprint density at radius 2 is 2.11 bits per heavy atom. The van der Waals surface area contributed by atoms with Crippen LogP contribution in [0.25, 0.3) is 21.7 Å². The topological polar surface area (TPSA) is 58.3 Å². The summed E-state index contributed by atoms with van der Waals surface area (Å²) in [6.45, 7) is 5.18. The normalized spacial score (nSPS) is 14.9. The third-order valence-corrected chi connectivity index (χ3v) is 6.62. The number of nitrogens with one attached hydrogen (secondary N) is 1. The molecule has 1 aliphatic heterocycles. The summed E-state index contributed by atoms with van der Waals surface area (Å²) in [7, 11) is 0. The number of nitrogens with zero attached hydrogens (tertiary/aromatic N) is 4. The second-order valence-electron chi connectivity index (χ2n) is 6.85. The van der Waals surface area contributed by atoms with Gasteiger partial charge in [-0.3, -0.25) is 9.69 Å². The minimum absolute atomic E-state index is 0.0147. The van der Waals surface area contributed by atoms with E-state index in [4.69, 9.17) is 12.2 Å². The van der Waals surface area contributed by atoms with Crippen LogP contribution in [0.4, 0.5) is 0 Å². The molecule has 138 valence electrons. The first-order valence-electron chi connectivity index (χ1n) is 9.13. The minimum atomic E-state index is -0.0147. The zero-order valence-electron chi connectivity index (χ0n) is 14.9. The Hall–Kier alpha value is -2.29. The van der Waals surface area contributed by atoms with Gasteiger partial charge in [-0.15, -0.1) is 16.4 Å². The molecule has 0 radical (unpaired) electrons. The van der Waals surface area contributed by atoms with Crippen molar-refractivity contribution in [3.05, 3.63) is 55.9 Å². The monoisotopic (exact) mass is 397 g/mol. The molecule has 6 nitrogen and oxygen atoms in total. The average Bonchev–Trinajstić information content (AvgIpc) is 3.23. The highest BCUT2D eigenvalue weighted by molar-refractivity contribution is 7.71. The van der Waals surface area contributed by atoms with Crippen molar-refractivity contribution in [2.24, 2.45) is 0 Å². The van der Waals surface area contributed by atoms with E-state index in [1.807, 2.05) is 34.7 Å². The largest absolute Gasteiger partial charge is 0.298 e. The van der Waals surface area contributed by atoms with E-state index in [9.17, 15) is 4.79 Å². The molecule has 4 aromatic rings. The minimum Gasteiger partial charge on any atom is -0.298 e. The van der Waals surface area contributed by atoms with Crippen molar-refractivity contribution < 1.29 is 0 Å². The summed E-state index contributed by atoms with van der Waals surface area (Å²) in [5, 5.41) is 8.02. The number of H-pyrrole nitrogens is 1. The van der Waals surface area contributed by atoms with E-state index in [1.165, 1.54) is 10.4 Å². The first kappa shape index (κ1) is 16.9. The van der Waals surface area contributed by atoms with Crippen molar-refractivity contribution in [1.29, 1.82) is 0 Å². The zero-order valence-corrected chi connectivity index (χ0v) is 16.6. The van der Waals surface area contributed by atoms with Crippen LogP contribution >= 0.6 is 23.6 Å². The number of para-hydroxylation sites is 1. The lowest BCUT2D eigenvalue weighted by Crippen LogP contribution is -2.31. The van der Waals surface area contributed by atoms with Crippen LogP contribution in [-0.2, 0) is 13.0 Å². The van der Waals surface area contributed by atoms with Crippen molar-refractivity contribution >= 4 is 39.5 Å². The third kappa shape index (κ3) is 2.51. The van der Waals surface area contributed by atoms with Crippen molar-refractivity contribution in [3.63, 3.8) is 0 Å². The molecule has 0 spiro atoms. The van der Waals surface area contributed by atoms with Crippen LogP contribution in [-0.4, -0.2) is 37.2 Å². The van der Waals surface area contributed by atoms with Gasteiger partial charge in [0.15, 0.2) is 0 Å². The van der Waals surface area contributed by atoms with Gasteiger partial charge in [-0.2, -0.15) is 0 Å². The Morgan fingerprint density at radius 3 is 2.89 bits per heavy atom. The first-order chi connectivity index (χ1) is 13.2. The summed E-state index contributed by atoms with van der Waals surface area (Å²) in [5.74, 6) is 0.535. The predicted molar refractivity (Wildman–Crippen MR) is 111 cm³/mol. The van der Waals surface area contributed by atoms with Crippen LogP contribution in [0.15, 0.2) is 35.1 Å². The first-order valence-corrected chi connectivity index (χ1v) is 10.4. The fourth-order valence-corrected chi connectivity index (χ4v) is 5.62. The number of benzene rings is 1. The third-order valence-electron chi connectivity index (χ3n) is 5.15. The van der Waals surface area contributed by atoms with Crippen LogP contribution < -0.4 is 5.56 Å². The highest BCUT2D eigenvalue weighted by Gasteiger charge is 2.26. The van der Waals surface area contributed by atoms with E-state index in [2.05, 4.69) is 22.0 Å². The van der Waals surface area contributed by atoms with E-state index in [0.29, 0.717) is 10.5 Å². The van der Waals surface area contributed by atoms with Gasteiger partial charge in [0.1, 0.15) is 4.83 Å². The number of aromatic amines is 1. The molecule has 3 aromatic heterocycles. The van der Waals surface area contributed by atoms with Crippen molar-refractivity contribution in [2.45, 2.75) is 26.3 Å². The predicted octanol–water partition coefficient (Wildman–Crippen LogP) is 3.53. The maximum absolute atomic E-state index is 13.5. The molecule has 1 N–H and O–H groups in total. The smallest absolute Gasteiger partial charge is 0.268 e. The number of aromatic nitrogens is 4. The van der Waals surface area contributed by atoms with Crippen molar-refractivity contribution in [1.82, 2.24) is 24.1 Å². The Bertz CT molecular complexity index is 1260. The maximum Gasteiger partial charge on any atom is 0.268 e. The number of rotatable bonds is 3. The van der Waals surface area contributed by atoms with E-state index in [-0.39, 0.29) is 5.56 Å². The fraction of sp³-hybridized carbons (Fsp3) is 0.316. The van der Waals surface area contributed by atoms with Crippen LogP contribution in [0.2, 0.25) is 0 Å². The van der Waals surface area contributed by atoms with E-state index in [1.54, 1.807) is 15.9 Å². The van der Waals surface area contributed by atoms with Gasteiger partial charge in [0.25, 0.3) is 5.56 Å². The second kappa shape index (κ2) is 6.40.